The number of amides is 1. The highest BCUT2D eigenvalue weighted by Crippen LogP contribution is 2.19. The molecule has 1 amide bonds. The lowest BCUT2D eigenvalue weighted by Gasteiger charge is -2.16. The zero-order chi connectivity index (χ0) is 13.7. The van der Waals surface area contributed by atoms with E-state index in [0.29, 0.717) is 5.56 Å². The van der Waals surface area contributed by atoms with E-state index in [-0.39, 0.29) is 12.2 Å². The lowest BCUT2D eigenvalue weighted by Crippen LogP contribution is -2.28. The van der Waals surface area contributed by atoms with E-state index in [4.69, 9.17) is 5.11 Å². The highest BCUT2D eigenvalue weighted by Gasteiger charge is 2.18. The van der Waals surface area contributed by atoms with Crippen molar-refractivity contribution in [1.29, 1.82) is 0 Å². The highest BCUT2D eigenvalue weighted by atomic mass is 16.6. The smallest absolute Gasteiger partial charge is 0.312 e. The van der Waals surface area contributed by atoms with Gasteiger partial charge in [-0.1, -0.05) is 18.2 Å². The van der Waals surface area contributed by atoms with Gasteiger partial charge in [0.2, 0.25) is 5.91 Å². The van der Waals surface area contributed by atoms with Crippen molar-refractivity contribution in [3.8, 4) is 0 Å². The van der Waals surface area contributed by atoms with E-state index in [1.54, 1.807) is 6.07 Å². The number of carbonyl (C=O) groups excluding carboxylic acids is 1. The van der Waals surface area contributed by atoms with Gasteiger partial charge >= 0.3 is 5.97 Å². The predicted molar refractivity (Wildman–Crippen MR) is 61.8 cm³/mol. The van der Waals surface area contributed by atoms with E-state index in [9.17, 15) is 19.7 Å². The van der Waals surface area contributed by atoms with Gasteiger partial charge in [0, 0.05) is 18.7 Å². The molecule has 0 saturated heterocycles. The van der Waals surface area contributed by atoms with E-state index in [1.165, 1.54) is 25.2 Å². The minimum absolute atomic E-state index is 0.00324. The Morgan fingerprint density at radius 1 is 1.39 bits per heavy atom. The van der Waals surface area contributed by atoms with Crippen molar-refractivity contribution in [2.75, 3.05) is 7.05 Å². The molecule has 0 atom stereocenters. The second-order valence-electron chi connectivity index (χ2n) is 3.71. The van der Waals surface area contributed by atoms with E-state index in [0.717, 1.165) is 4.90 Å². The van der Waals surface area contributed by atoms with Gasteiger partial charge in [-0.25, -0.2) is 0 Å². The summed E-state index contributed by atoms with van der Waals surface area (Å²) in [4.78, 5) is 33.2. The number of carbonyl (C=O) groups is 2. The molecule has 0 radical (unpaired) electrons. The maximum absolute atomic E-state index is 11.4. The number of nitrogens with zero attached hydrogens (tertiary/aromatic N) is 2. The number of para-hydroxylation sites is 1. The van der Waals surface area contributed by atoms with Crippen LogP contribution in [0.3, 0.4) is 0 Å². The lowest BCUT2D eigenvalue weighted by atomic mass is 10.1. The quantitative estimate of drug-likeness (QED) is 0.479. The summed E-state index contributed by atoms with van der Waals surface area (Å²) in [6.45, 7) is 0.00324. The first-order chi connectivity index (χ1) is 8.41. The maximum atomic E-state index is 11.4. The van der Waals surface area contributed by atoms with Crippen LogP contribution >= 0.6 is 0 Å². The lowest BCUT2D eigenvalue weighted by molar-refractivity contribution is -0.385. The number of nitro benzene ring substituents is 1. The van der Waals surface area contributed by atoms with Crippen LogP contribution in [0.1, 0.15) is 12.0 Å². The zero-order valence-corrected chi connectivity index (χ0v) is 9.70. The number of carboxylic acids is 1. The van der Waals surface area contributed by atoms with Crippen molar-refractivity contribution in [3.05, 3.63) is 39.9 Å². The Bertz CT molecular complexity index is 486. The molecule has 0 aliphatic heterocycles. The van der Waals surface area contributed by atoms with Gasteiger partial charge in [-0.15, -0.1) is 0 Å². The molecule has 1 rings (SSSR count). The fourth-order valence-corrected chi connectivity index (χ4v) is 1.43. The largest absolute Gasteiger partial charge is 0.481 e. The maximum Gasteiger partial charge on any atom is 0.312 e. The molecule has 1 aromatic rings. The summed E-state index contributed by atoms with van der Waals surface area (Å²) in [5, 5.41) is 19.2. The number of nitro groups is 1. The first-order valence-corrected chi connectivity index (χ1v) is 5.10. The van der Waals surface area contributed by atoms with Crippen molar-refractivity contribution in [2.45, 2.75) is 13.0 Å². The second kappa shape index (κ2) is 5.76. The van der Waals surface area contributed by atoms with E-state index >= 15 is 0 Å². The number of rotatable bonds is 5. The molecular weight excluding hydrogens is 240 g/mol. The summed E-state index contributed by atoms with van der Waals surface area (Å²) in [6, 6.07) is 6.02. The van der Waals surface area contributed by atoms with E-state index < -0.39 is 23.2 Å². The Morgan fingerprint density at radius 3 is 2.56 bits per heavy atom. The van der Waals surface area contributed by atoms with Gasteiger partial charge in [-0.2, -0.15) is 0 Å². The van der Waals surface area contributed by atoms with Gasteiger partial charge in [0.1, 0.15) is 6.42 Å². The average Bonchev–Trinajstić information content (AvgIpc) is 2.28. The molecular formula is C11H12N2O5. The molecule has 0 heterocycles. The summed E-state index contributed by atoms with van der Waals surface area (Å²) in [5.74, 6) is -1.82. The summed E-state index contributed by atoms with van der Waals surface area (Å²) in [6.07, 6.45) is -0.628. The van der Waals surface area contributed by atoms with Crippen LogP contribution in [0.5, 0.6) is 0 Å². The fourth-order valence-electron chi connectivity index (χ4n) is 1.43. The average molecular weight is 252 g/mol. The number of aliphatic carboxylic acids is 1. The fraction of sp³-hybridized carbons (Fsp3) is 0.273. The standard InChI is InChI=1S/C11H12N2O5/c1-12(10(14)6-11(15)16)7-8-4-2-3-5-9(8)13(17)18/h2-5H,6-7H2,1H3,(H,15,16). The van der Waals surface area contributed by atoms with E-state index in [1.807, 2.05) is 0 Å². The van der Waals surface area contributed by atoms with Crippen LogP contribution in [0.2, 0.25) is 0 Å². The molecule has 0 aliphatic carbocycles. The Labute approximate surface area is 103 Å². The van der Waals surface area contributed by atoms with Crippen molar-refractivity contribution in [1.82, 2.24) is 4.90 Å². The van der Waals surface area contributed by atoms with Crippen LogP contribution in [0.4, 0.5) is 5.69 Å². The molecule has 96 valence electrons. The number of hydrogen-bond donors (Lipinski definition) is 1. The molecule has 18 heavy (non-hydrogen) atoms. The summed E-state index contributed by atoms with van der Waals surface area (Å²) in [5.41, 5.74) is 0.274. The Kier molecular flexibility index (Phi) is 4.36. The van der Waals surface area contributed by atoms with Crippen LogP contribution in [0, 0.1) is 10.1 Å². The minimum Gasteiger partial charge on any atom is -0.481 e. The molecule has 7 heteroatoms. The molecule has 0 bridgehead atoms. The zero-order valence-electron chi connectivity index (χ0n) is 9.70. The molecule has 7 nitrogen and oxygen atoms in total. The van der Waals surface area contributed by atoms with Gasteiger partial charge in [0.05, 0.1) is 11.5 Å². The molecule has 1 N–H and O–H groups in total. The van der Waals surface area contributed by atoms with Gasteiger partial charge in [-0.05, 0) is 0 Å². The van der Waals surface area contributed by atoms with Crippen LogP contribution in [0.25, 0.3) is 0 Å². The molecule has 0 aromatic heterocycles. The molecule has 0 unspecified atom stereocenters. The number of benzene rings is 1. The van der Waals surface area contributed by atoms with Crippen LogP contribution in [-0.2, 0) is 16.1 Å². The Hall–Kier alpha value is -2.44. The summed E-state index contributed by atoms with van der Waals surface area (Å²) in [7, 11) is 1.40. The van der Waals surface area contributed by atoms with E-state index in [2.05, 4.69) is 0 Å². The molecule has 0 fully saturated rings. The first-order valence-electron chi connectivity index (χ1n) is 5.10. The third-order valence-electron chi connectivity index (χ3n) is 2.32. The Morgan fingerprint density at radius 2 is 2.00 bits per heavy atom. The third-order valence-corrected chi connectivity index (χ3v) is 2.32. The van der Waals surface area contributed by atoms with Crippen molar-refractivity contribution in [2.24, 2.45) is 0 Å². The SMILES string of the molecule is CN(Cc1ccccc1[N+](=O)[O-])C(=O)CC(=O)O. The Balaban J connectivity index is 2.81. The van der Waals surface area contributed by atoms with Gasteiger partial charge in [-0.3, -0.25) is 19.7 Å². The van der Waals surface area contributed by atoms with Gasteiger partial charge < -0.3 is 10.0 Å². The van der Waals surface area contributed by atoms with Crippen molar-refractivity contribution in [3.63, 3.8) is 0 Å². The second-order valence-corrected chi connectivity index (χ2v) is 3.71. The number of carboxylic acid groups (broad SMARTS) is 1. The summed E-state index contributed by atoms with van der Waals surface area (Å²) < 4.78 is 0. The molecule has 0 saturated carbocycles. The van der Waals surface area contributed by atoms with Gasteiger partial charge in [0.25, 0.3) is 5.69 Å². The molecule has 0 aliphatic rings. The highest BCUT2D eigenvalue weighted by molar-refractivity contribution is 5.93. The topological polar surface area (TPSA) is 101 Å². The minimum atomic E-state index is -1.23. The summed E-state index contributed by atoms with van der Waals surface area (Å²) >= 11 is 0. The monoisotopic (exact) mass is 252 g/mol. The van der Waals surface area contributed by atoms with Crippen molar-refractivity contribution >= 4 is 17.6 Å². The predicted octanol–water partition coefficient (Wildman–Crippen LogP) is 1.03. The normalized spacial score (nSPS) is 9.83. The number of hydrogen-bond acceptors (Lipinski definition) is 4. The third kappa shape index (κ3) is 3.55. The van der Waals surface area contributed by atoms with Crippen LogP contribution in [0.15, 0.2) is 24.3 Å². The van der Waals surface area contributed by atoms with Crippen molar-refractivity contribution < 1.29 is 19.6 Å². The van der Waals surface area contributed by atoms with Gasteiger partial charge in [0.15, 0.2) is 0 Å². The molecule has 1 aromatic carbocycles. The van der Waals surface area contributed by atoms with Crippen LogP contribution < -0.4 is 0 Å². The first kappa shape index (κ1) is 13.6. The molecule has 0 spiro atoms. The van der Waals surface area contributed by atoms with Crippen LogP contribution in [-0.4, -0.2) is 33.9 Å².